The van der Waals surface area contributed by atoms with Gasteiger partial charge in [-0.3, -0.25) is 9.59 Å². The first kappa shape index (κ1) is 28.9. The molecule has 0 spiro atoms. The number of rotatable bonds is 7. The Morgan fingerprint density at radius 2 is 1.95 bits per heavy atom. The lowest BCUT2D eigenvalue weighted by Crippen LogP contribution is -2.30. The van der Waals surface area contributed by atoms with Gasteiger partial charge in [0.2, 0.25) is 5.95 Å². The minimum atomic E-state index is -4.85. The molecule has 15 heteroatoms. The SMILES string of the molecule is Cc1cnc(N)nc1-c1cc2ccn(CCC[C@H](C)Nc3cnn(I)c(=O)c3C(F)(F)F)c(=O)c2c(P)c1F. The fourth-order valence-electron chi connectivity index (χ4n) is 4.25. The van der Waals surface area contributed by atoms with Gasteiger partial charge in [-0.15, -0.1) is 9.24 Å². The highest BCUT2D eigenvalue weighted by molar-refractivity contribution is 14.1. The van der Waals surface area contributed by atoms with E-state index in [4.69, 9.17) is 5.73 Å². The van der Waals surface area contributed by atoms with Crippen LogP contribution < -0.4 is 27.5 Å². The Morgan fingerprint density at radius 3 is 2.64 bits per heavy atom. The lowest BCUT2D eigenvalue weighted by molar-refractivity contribution is -0.138. The Labute approximate surface area is 235 Å². The van der Waals surface area contributed by atoms with Gasteiger partial charge in [-0.1, -0.05) is 0 Å². The molecule has 0 saturated heterocycles. The lowest BCUT2D eigenvalue weighted by Gasteiger charge is -2.19. The van der Waals surface area contributed by atoms with Gasteiger partial charge in [0.05, 0.1) is 45.8 Å². The number of aromatic nitrogens is 5. The van der Waals surface area contributed by atoms with Gasteiger partial charge in [0.1, 0.15) is 11.4 Å². The van der Waals surface area contributed by atoms with E-state index in [9.17, 15) is 22.8 Å². The molecule has 9 nitrogen and oxygen atoms in total. The van der Waals surface area contributed by atoms with E-state index >= 15 is 4.39 Å². The van der Waals surface area contributed by atoms with Gasteiger partial charge in [0.15, 0.2) is 0 Å². The van der Waals surface area contributed by atoms with E-state index in [1.807, 2.05) is 0 Å². The van der Waals surface area contributed by atoms with Gasteiger partial charge in [0.25, 0.3) is 11.1 Å². The molecule has 0 aliphatic rings. The maximum Gasteiger partial charge on any atom is 0.423 e. The lowest BCUT2D eigenvalue weighted by atomic mass is 10.0. The molecule has 4 rings (SSSR count). The maximum atomic E-state index is 15.4. The van der Waals surface area contributed by atoms with Crippen LogP contribution in [0.3, 0.4) is 0 Å². The van der Waals surface area contributed by atoms with Gasteiger partial charge >= 0.3 is 6.18 Å². The predicted molar refractivity (Wildman–Crippen MR) is 153 cm³/mol. The molecule has 3 heterocycles. The molecule has 206 valence electrons. The fourth-order valence-corrected chi connectivity index (χ4v) is 5.06. The second-order valence-electron chi connectivity index (χ2n) is 8.97. The summed E-state index contributed by atoms with van der Waals surface area (Å²) in [6, 6.07) is 2.77. The highest BCUT2D eigenvalue weighted by Crippen LogP contribution is 2.32. The van der Waals surface area contributed by atoms with Crippen LogP contribution in [0, 0.1) is 12.7 Å². The molecule has 3 N–H and O–H groups in total. The molecule has 0 aliphatic heterocycles. The van der Waals surface area contributed by atoms with E-state index in [1.165, 1.54) is 33.6 Å². The average molecular weight is 675 g/mol. The zero-order valence-corrected chi connectivity index (χ0v) is 24.0. The maximum absolute atomic E-state index is 15.4. The number of pyridine rings is 1. The highest BCUT2D eigenvalue weighted by Gasteiger charge is 2.38. The summed E-state index contributed by atoms with van der Waals surface area (Å²) in [7, 11) is 2.28. The zero-order valence-electron chi connectivity index (χ0n) is 20.7. The van der Waals surface area contributed by atoms with Crippen molar-refractivity contribution in [3.05, 3.63) is 68.4 Å². The van der Waals surface area contributed by atoms with Gasteiger partial charge in [-0.2, -0.15) is 21.2 Å². The summed E-state index contributed by atoms with van der Waals surface area (Å²) in [5, 5.41) is 7.16. The molecule has 0 radical (unpaired) electrons. The Kier molecular flexibility index (Phi) is 8.26. The molecule has 3 aromatic heterocycles. The summed E-state index contributed by atoms with van der Waals surface area (Å²) < 4.78 is 57.7. The van der Waals surface area contributed by atoms with Crippen LogP contribution in [0.15, 0.2) is 40.3 Å². The summed E-state index contributed by atoms with van der Waals surface area (Å²) in [5.74, 6) is -0.622. The smallest absolute Gasteiger partial charge is 0.381 e. The van der Waals surface area contributed by atoms with Crippen LogP contribution in [0.4, 0.5) is 29.2 Å². The van der Waals surface area contributed by atoms with Crippen molar-refractivity contribution in [2.24, 2.45) is 0 Å². The van der Waals surface area contributed by atoms with Crippen molar-refractivity contribution in [2.45, 2.75) is 45.5 Å². The van der Waals surface area contributed by atoms with Gasteiger partial charge in [-0.05, 0) is 49.8 Å². The van der Waals surface area contributed by atoms with Crippen LogP contribution in [-0.2, 0) is 12.7 Å². The van der Waals surface area contributed by atoms with E-state index < -0.39 is 40.4 Å². The van der Waals surface area contributed by atoms with E-state index in [0.29, 0.717) is 32.4 Å². The number of hydrogen-bond donors (Lipinski definition) is 2. The Bertz CT molecular complexity index is 1690. The fraction of sp³-hybridized carbons (Fsp3) is 0.292. The van der Waals surface area contributed by atoms with Crippen LogP contribution in [0.5, 0.6) is 0 Å². The van der Waals surface area contributed by atoms with E-state index in [1.54, 1.807) is 32.2 Å². The number of anilines is 2. The molecule has 0 fully saturated rings. The van der Waals surface area contributed by atoms with E-state index in [-0.39, 0.29) is 28.7 Å². The number of nitrogens with two attached hydrogens (primary N) is 1. The summed E-state index contributed by atoms with van der Waals surface area (Å²) in [6.07, 6.45) is -0.0102. The Hall–Kier alpha value is -3.13. The summed E-state index contributed by atoms with van der Waals surface area (Å²) in [4.78, 5) is 33.3. The molecular formula is C24H23F4IN7O2P. The number of aryl methyl sites for hydroxylation is 2. The molecule has 39 heavy (non-hydrogen) atoms. The van der Waals surface area contributed by atoms with Crippen LogP contribution in [0.2, 0.25) is 0 Å². The first-order valence-corrected chi connectivity index (χ1v) is 13.2. The van der Waals surface area contributed by atoms with Gasteiger partial charge in [0, 0.05) is 35.8 Å². The topological polar surface area (TPSA) is 121 Å². The molecule has 0 amide bonds. The van der Waals surface area contributed by atoms with Crippen LogP contribution in [0.25, 0.3) is 22.0 Å². The quantitative estimate of drug-likeness (QED) is 0.172. The van der Waals surface area contributed by atoms with Crippen molar-refractivity contribution in [1.29, 1.82) is 0 Å². The number of alkyl halides is 3. The number of nitrogens with one attached hydrogen (secondary N) is 1. The van der Waals surface area contributed by atoms with Crippen LogP contribution in [-0.4, -0.2) is 28.6 Å². The van der Waals surface area contributed by atoms with Gasteiger partial charge in [-0.25, -0.2) is 14.4 Å². The van der Waals surface area contributed by atoms with Crippen molar-refractivity contribution < 1.29 is 17.6 Å². The summed E-state index contributed by atoms with van der Waals surface area (Å²) >= 11 is 1.39. The van der Waals surface area contributed by atoms with Crippen molar-refractivity contribution in [2.75, 3.05) is 11.1 Å². The summed E-state index contributed by atoms with van der Waals surface area (Å²) in [6.45, 7) is 3.64. The van der Waals surface area contributed by atoms with Crippen molar-refractivity contribution in [3.8, 4) is 11.3 Å². The molecule has 0 aliphatic carbocycles. The minimum Gasteiger partial charge on any atom is -0.381 e. The van der Waals surface area contributed by atoms with Crippen molar-refractivity contribution in [3.63, 3.8) is 0 Å². The van der Waals surface area contributed by atoms with Crippen LogP contribution in [0.1, 0.15) is 30.9 Å². The number of nitrogens with zero attached hydrogens (tertiary/aromatic N) is 5. The molecule has 0 saturated carbocycles. The molecule has 0 bridgehead atoms. The minimum absolute atomic E-state index is 0.000178. The molecule has 1 unspecified atom stereocenters. The number of benzene rings is 1. The van der Waals surface area contributed by atoms with Crippen molar-refractivity contribution in [1.82, 2.24) is 22.5 Å². The third kappa shape index (κ3) is 5.91. The standard InChI is InChI=1S/C24H23F4IN7O2P/c1-11-9-31-23(30)34-19(11)14-8-13-5-7-35(21(37)16(13)20(39)18(14)25)6-3-4-12(2)33-15-10-32-36(29)22(38)17(15)24(26,27)28/h5,7-10,12,33H,3-4,6,39H2,1-2H3,(H2,30,31,34)/t12-/m0/s1. The molecular weight excluding hydrogens is 652 g/mol. The molecule has 4 aromatic rings. The zero-order chi connectivity index (χ0) is 28.6. The van der Waals surface area contributed by atoms with Crippen LogP contribution >= 0.6 is 32.1 Å². The first-order chi connectivity index (χ1) is 18.3. The van der Waals surface area contributed by atoms with E-state index in [0.717, 1.165) is 6.20 Å². The van der Waals surface area contributed by atoms with Gasteiger partial charge < -0.3 is 15.6 Å². The molecule has 1 aromatic carbocycles. The number of halogens is 5. The normalized spacial score (nSPS) is 12.6. The largest absolute Gasteiger partial charge is 0.423 e. The highest BCUT2D eigenvalue weighted by atomic mass is 127. The monoisotopic (exact) mass is 675 g/mol. The van der Waals surface area contributed by atoms with Crippen molar-refractivity contribution >= 4 is 59.8 Å². The summed E-state index contributed by atoms with van der Waals surface area (Å²) in [5.41, 5.74) is 3.44. The second kappa shape index (κ2) is 11.2. The average Bonchev–Trinajstić information content (AvgIpc) is 2.85. The Balaban J connectivity index is 1.54. The predicted octanol–water partition coefficient (Wildman–Crippen LogP) is 4.04. The third-order valence-corrected chi connectivity index (χ3v) is 7.37. The number of hydrogen-bond acceptors (Lipinski definition) is 7. The first-order valence-electron chi connectivity index (χ1n) is 11.6. The number of fused-ring (bicyclic) bond motifs is 1. The Morgan fingerprint density at radius 1 is 1.23 bits per heavy atom. The third-order valence-electron chi connectivity index (χ3n) is 6.15. The molecule has 2 atom stereocenters. The number of nitrogen functional groups attached to an aromatic ring is 1. The van der Waals surface area contributed by atoms with E-state index in [2.05, 4.69) is 29.6 Å². The second-order valence-corrected chi connectivity index (χ2v) is 10.5.